The Kier molecular flexibility index (Phi) is 6.36. The Morgan fingerprint density at radius 3 is 1.58 bits per heavy atom. The maximum atomic E-state index is 11.9. The Labute approximate surface area is 187 Å². The summed E-state index contributed by atoms with van der Waals surface area (Å²) in [6.07, 6.45) is 0. The lowest BCUT2D eigenvalue weighted by atomic mass is 10.2. The molecule has 0 fully saturated rings. The molecule has 0 aromatic heterocycles. The van der Waals surface area contributed by atoms with E-state index in [9.17, 15) is 4.79 Å². The van der Waals surface area contributed by atoms with Gasteiger partial charge in [0.2, 0.25) is 0 Å². The number of hydrogen-bond acceptors (Lipinski definition) is 3. The van der Waals surface area contributed by atoms with E-state index in [1.165, 1.54) is 7.11 Å². The van der Waals surface area contributed by atoms with Crippen LogP contribution in [0.3, 0.4) is 0 Å². The minimum absolute atomic E-state index is 0.398. The van der Waals surface area contributed by atoms with E-state index in [1.807, 2.05) is 54.6 Å². The van der Waals surface area contributed by atoms with E-state index in [4.69, 9.17) is 21.1 Å². The second-order valence-corrected chi connectivity index (χ2v) is 10.3. The average molecular weight is 446 g/mol. The Balaban J connectivity index is 2.07. The highest BCUT2D eigenvalue weighted by atomic mass is 35.5. The van der Waals surface area contributed by atoms with Gasteiger partial charge in [0.25, 0.3) is 0 Å². The van der Waals surface area contributed by atoms with Gasteiger partial charge in [0, 0.05) is 15.9 Å². The molecule has 0 aliphatic carbocycles. The van der Waals surface area contributed by atoms with Gasteiger partial charge in [-0.1, -0.05) is 103 Å². The summed E-state index contributed by atoms with van der Waals surface area (Å²) in [5.41, 5.74) is 1.04. The molecule has 5 heteroatoms. The van der Waals surface area contributed by atoms with Gasteiger partial charge in [-0.25, -0.2) is 4.79 Å². The second-order valence-electron chi connectivity index (χ2n) is 6.90. The third kappa shape index (κ3) is 4.20. The van der Waals surface area contributed by atoms with Crippen LogP contribution in [0.4, 0.5) is 5.69 Å². The number of methoxy groups -OCH3 is 1. The molecule has 0 atom stereocenters. The van der Waals surface area contributed by atoms with E-state index in [0.29, 0.717) is 16.3 Å². The third-order valence-electron chi connectivity index (χ3n) is 5.02. The lowest BCUT2D eigenvalue weighted by Crippen LogP contribution is -2.25. The van der Waals surface area contributed by atoms with Crippen LogP contribution in [0.25, 0.3) is 0 Å². The lowest BCUT2D eigenvalue weighted by molar-refractivity contribution is 0.0601. The number of carbonyl (C=O) groups is 1. The van der Waals surface area contributed by atoms with Crippen molar-refractivity contribution in [1.29, 1.82) is 0 Å². The first-order chi connectivity index (χ1) is 15.1. The predicted octanol–water partition coefficient (Wildman–Crippen LogP) is 5.94. The van der Waals surface area contributed by atoms with Crippen LogP contribution in [-0.2, 0) is 4.74 Å². The molecule has 0 N–H and O–H groups in total. The normalized spacial score (nSPS) is 11.0. The summed E-state index contributed by atoms with van der Waals surface area (Å²) in [7, 11) is -1.07. The minimum atomic E-state index is -2.42. The SMILES string of the molecule is COC(=O)c1ccc(N=P(c2ccccc2)(c2ccccc2)c2ccccc2)c(Cl)c1. The first-order valence-corrected chi connectivity index (χ1v) is 11.9. The van der Waals surface area contributed by atoms with Gasteiger partial charge < -0.3 is 4.74 Å². The summed E-state index contributed by atoms with van der Waals surface area (Å²) in [5.74, 6) is -0.427. The van der Waals surface area contributed by atoms with Gasteiger partial charge in [-0.05, 0) is 18.2 Å². The standard InChI is InChI=1S/C26H21ClNO2P/c1-30-26(29)20-17-18-25(24(27)19-20)28-31(21-11-5-2-6-12-21,22-13-7-3-8-14-22)23-15-9-4-10-16-23/h2-19H,1H3. The molecular formula is C26H21ClNO2P. The number of ether oxygens (including phenoxy) is 1. The topological polar surface area (TPSA) is 38.7 Å². The molecule has 0 saturated heterocycles. The summed E-state index contributed by atoms with van der Waals surface area (Å²) < 4.78 is 10.2. The summed E-state index contributed by atoms with van der Waals surface area (Å²) >= 11 is 6.62. The molecule has 4 aromatic carbocycles. The Morgan fingerprint density at radius 1 is 0.742 bits per heavy atom. The predicted molar refractivity (Wildman–Crippen MR) is 130 cm³/mol. The minimum Gasteiger partial charge on any atom is -0.465 e. The zero-order valence-electron chi connectivity index (χ0n) is 17.0. The van der Waals surface area contributed by atoms with Crippen LogP contribution < -0.4 is 15.9 Å². The average Bonchev–Trinajstić information content (AvgIpc) is 2.84. The molecule has 0 heterocycles. The first-order valence-electron chi connectivity index (χ1n) is 9.82. The largest absolute Gasteiger partial charge is 0.465 e. The van der Waals surface area contributed by atoms with Crippen LogP contribution >= 0.6 is 18.7 Å². The molecule has 154 valence electrons. The lowest BCUT2D eigenvalue weighted by Gasteiger charge is -2.27. The second kappa shape index (κ2) is 9.34. The van der Waals surface area contributed by atoms with Gasteiger partial charge >= 0.3 is 5.97 Å². The van der Waals surface area contributed by atoms with Crippen LogP contribution in [0, 0.1) is 0 Å². The maximum absolute atomic E-state index is 11.9. The Bertz CT molecular complexity index is 1140. The van der Waals surface area contributed by atoms with Crippen molar-refractivity contribution in [3.8, 4) is 0 Å². The fourth-order valence-corrected chi connectivity index (χ4v) is 7.38. The van der Waals surface area contributed by atoms with Crippen LogP contribution in [-0.4, -0.2) is 13.1 Å². The number of hydrogen-bond donors (Lipinski definition) is 0. The highest BCUT2D eigenvalue weighted by Crippen LogP contribution is 2.50. The zero-order valence-corrected chi connectivity index (χ0v) is 18.6. The fraction of sp³-hybridized carbons (Fsp3) is 0.0385. The van der Waals surface area contributed by atoms with E-state index < -0.39 is 13.0 Å². The van der Waals surface area contributed by atoms with Crippen molar-refractivity contribution in [2.75, 3.05) is 7.11 Å². The highest BCUT2D eigenvalue weighted by molar-refractivity contribution is 7.87. The van der Waals surface area contributed by atoms with Gasteiger partial charge in [-0.3, -0.25) is 4.74 Å². The third-order valence-corrected chi connectivity index (χ3v) is 8.97. The quantitative estimate of drug-likeness (QED) is 0.282. The van der Waals surface area contributed by atoms with E-state index in [0.717, 1.165) is 15.9 Å². The molecule has 0 aliphatic heterocycles. The van der Waals surface area contributed by atoms with E-state index in [-0.39, 0.29) is 0 Å². The Hall–Kier alpha value is -3.13. The first kappa shape index (κ1) is 21.1. The van der Waals surface area contributed by atoms with Crippen molar-refractivity contribution in [3.63, 3.8) is 0 Å². The number of nitrogens with zero attached hydrogens (tertiary/aromatic N) is 1. The fourth-order valence-electron chi connectivity index (χ4n) is 3.55. The van der Waals surface area contributed by atoms with E-state index in [1.54, 1.807) is 18.2 Å². The molecule has 31 heavy (non-hydrogen) atoms. The maximum Gasteiger partial charge on any atom is 0.337 e. The van der Waals surface area contributed by atoms with Gasteiger partial charge in [-0.15, -0.1) is 0 Å². The molecule has 3 nitrogen and oxygen atoms in total. The highest BCUT2D eigenvalue weighted by Gasteiger charge is 2.27. The van der Waals surface area contributed by atoms with Gasteiger partial charge in [0.15, 0.2) is 0 Å². The Morgan fingerprint density at radius 2 is 1.19 bits per heavy atom. The molecule has 4 rings (SSSR count). The van der Waals surface area contributed by atoms with Crippen LogP contribution in [0.1, 0.15) is 10.4 Å². The zero-order chi connectivity index (χ0) is 21.7. The molecule has 0 amide bonds. The molecule has 0 spiro atoms. The van der Waals surface area contributed by atoms with Gasteiger partial charge in [0.1, 0.15) is 0 Å². The molecule has 0 unspecified atom stereocenters. The molecular weight excluding hydrogens is 425 g/mol. The summed E-state index contributed by atoms with van der Waals surface area (Å²) in [4.78, 5) is 11.9. The van der Waals surface area contributed by atoms with Gasteiger partial charge in [-0.2, -0.15) is 0 Å². The number of carbonyl (C=O) groups excluding carboxylic acids is 1. The number of rotatable bonds is 5. The van der Waals surface area contributed by atoms with Crippen molar-refractivity contribution in [3.05, 3.63) is 120 Å². The number of halogens is 1. The van der Waals surface area contributed by atoms with Crippen molar-refractivity contribution in [1.82, 2.24) is 0 Å². The van der Waals surface area contributed by atoms with Gasteiger partial charge in [0.05, 0.1) is 30.4 Å². The van der Waals surface area contributed by atoms with Crippen LogP contribution in [0.15, 0.2) is 114 Å². The van der Waals surface area contributed by atoms with Crippen molar-refractivity contribution in [2.24, 2.45) is 4.74 Å². The molecule has 0 bridgehead atoms. The smallest absolute Gasteiger partial charge is 0.337 e. The van der Waals surface area contributed by atoms with Crippen LogP contribution in [0.5, 0.6) is 0 Å². The number of benzene rings is 4. The van der Waals surface area contributed by atoms with Crippen LogP contribution in [0.2, 0.25) is 5.02 Å². The summed E-state index contributed by atoms with van der Waals surface area (Å²) in [5, 5.41) is 3.79. The van der Waals surface area contributed by atoms with Crippen molar-refractivity contribution in [2.45, 2.75) is 0 Å². The monoisotopic (exact) mass is 445 g/mol. The molecule has 0 saturated carbocycles. The molecule has 0 radical (unpaired) electrons. The summed E-state index contributed by atoms with van der Waals surface area (Å²) in [6, 6.07) is 36.0. The van der Waals surface area contributed by atoms with E-state index in [2.05, 4.69) is 36.4 Å². The van der Waals surface area contributed by atoms with Crippen molar-refractivity contribution >= 4 is 46.2 Å². The molecule has 4 aromatic rings. The number of esters is 1. The molecule has 0 aliphatic rings. The summed E-state index contributed by atoms with van der Waals surface area (Å²) in [6.45, 7) is 0. The van der Waals surface area contributed by atoms with Crippen molar-refractivity contribution < 1.29 is 9.53 Å². The van der Waals surface area contributed by atoms with E-state index >= 15 is 0 Å².